The molecule has 0 aliphatic rings. The van der Waals surface area contributed by atoms with Crippen molar-refractivity contribution in [2.24, 2.45) is 0 Å². The van der Waals surface area contributed by atoms with Crippen LogP contribution in [-0.2, 0) is 4.74 Å². The fourth-order valence-electron chi connectivity index (χ4n) is 2.13. The van der Waals surface area contributed by atoms with Gasteiger partial charge in [-0.25, -0.2) is 4.79 Å². The molecule has 19 heavy (non-hydrogen) atoms. The maximum absolute atomic E-state index is 11.8. The van der Waals surface area contributed by atoms with Crippen LogP contribution in [0.15, 0.2) is 30.3 Å². The molecule has 1 rings (SSSR count). The number of carbonyl (C=O) groups is 1. The van der Waals surface area contributed by atoms with E-state index in [0.29, 0.717) is 12.2 Å². The van der Waals surface area contributed by atoms with Gasteiger partial charge in [0.05, 0.1) is 25.2 Å². The van der Waals surface area contributed by atoms with Gasteiger partial charge in [0.2, 0.25) is 0 Å². The molecular formula is C15H24ClNO2. The summed E-state index contributed by atoms with van der Waals surface area (Å²) in [4.78, 5) is 11.8. The summed E-state index contributed by atoms with van der Waals surface area (Å²) in [5, 5.41) is 0. The molecule has 0 bridgehead atoms. The van der Waals surface area contributed by atoms with Crippen LogP contribution in [0.1, 0.15) is 31.1 Å². The standard InChI is InChI=1S/C15H24NO2.ClH/c1-4-16(5-2,6-3)12-13-18-15(17)14-10-8-7-9-11-14;/h7-11H,4-6,12-13H2,1-3H3;1H/q+1;/p-1. The first-order valence-electron chi connectivity index (χ1n) is 6.74. The Bertz CT molecular complexity index is 355. The average Bonchev–Trinajstić information content (AvgIpc) is 2.45. The minimum Gasteiger partial charge on any atom is -1.00 e. The number of rotatable bonds is 7. The van der Waals surface area contributed by atoms with Gasteiger partial charge in [-0.1, -0.05) is 18.2 Å². The van der Waals surface area contributed by atoms with Gasteiger partial charge in [0, 0.05) is 0 Å². The van der Waals surface area contributed by atoms with Gasteiger partial charge in [0.15, 0.2) is 0 Å². The zero-order valence-electron chi connectivity index (χ0n) is 12.1. The molecule has 0 unspecified atom stereocenters. The van der Waals surface area contributed by atoms with E-state index in [9.17, 15) is 4.79 Å². The molecule has 0 saturated carbocycles. The number of ether oxygens (including phenoxy) is 1. The number of carbonyl (C=O) groups excluding carboxylic acids is 1. The highest BCUT2D eigenvalue weighted by Gasteiger charge is 2.21. The molecule has 0 aliphatic heterocycles. The second-order valence-corrected chi connectivity index (χ2v) is 4.52. The summed E-state index contributed by atoms with van der Waals surface area (Å²) < 4.78 is 6.34. The lowest BCUT2D eigenvalue weighted by Crippen LogP contribution is -3.00. The SMILES string of the molecule is CC[N+](CC)(CC)CCOC(=O)c1ccccc1.[Cl-]. The van der Waals surface area contributed by atoms with Crippen molar-refractivity contribution in [3.8, 4) is 0 Å². The lowest BCUT2D eigenvalue weighted by molar-refractivity contribution is -0.923. The molecule has 0 amide bonds. The zero-order chi connectivity index (χ0) is 13.4. The van der Waals surface area contributed by atoms with Crippen LogP contribution in [0.2, 0.25) is 0 Å². The maximum atomic E-state index is 11.8. The summed E-state index contributed by atoms with van der Waals surface area (Å²) in [5.41, 5.74) is 0.625. The molecule has 1 aromatic carbocycles. The molecule has 0 fully saturated rings. The van der Waals surface area contributed by atoms with Crippen molar-refractivity contribution in [1.29, 1.82) is 0 Å². The van der Waals surface area contributed by atoms with Crippen molar-refractivity contribution in [2.75, 3.05) is 32.8 Å². The van der Waals surface area contributed by atoms with E-state index in [2.05, 4.69) is 20.8 Å². The molecule has 0 N–H and O–H groups in total. The number of hydrogen-bond donors (Lipinski definition) is 0. The number of nitrogens with zero attached hydrogens (tertiary/aromatic N) is 1. The fraction of sp³-hybridized carbons (Fsp3) is 0.533. The van der Waals surface area contributed by atoms with Crippen LogP contribution >= 0.6 is 0 Å². The lowest BCUT2D eigenvalue weighted by atomic mass is 10.2. The number of halogens is 1. The maximum Gasteiger partial charge on any atom is 0.338 e. The van der Waals surface area contributed by atoms with Crippen LogP contribution in [0.5, 0.6) is 0 Å². The fourth-order valence-corrected chi connectivity index (χ4v) is 2.13. The van der Waals surface area contributed by atoms with Crippen LogP contribution in [0, 0.1) is 0 Å². The van der Waals surface area contributed by atoms with Crippen molar-refractivity contribution >= 4 is 5.97 Å². The quantitative estimate of drug-likeness (QED) is 0.509. The molecule has 4 heteroatoms. The van der Waals surface area contributed by atoms with E-state index >= 15 is 0 Å². The Kier molecular flexibility index (Phi) is 8.44. The highest BCUT2D eigenvalue weighted by atomic mass is 35.5. The van der Waals surface area contributed by atoms with Crippen molar-refractivity contribution < 1.29 is 26.4 Å². The van der Waals surface area contributed by atoms with E-state index in [1.54, 1.807) is 12.1 Å². The Hall–Kier alpha value is -1.06. The van der Waals surface area contributed by atoms with Crippen LogP contribution < -0.4 is 12.4 Å². The van der Waals surface area contributed by atoms with Gasteiger partial charge >= 0.3 is 5.97 Å². The molecule has 0 spiro atoms. The molecule has 0 aliphatic carbocycles. The molecule has 1 aromatic rings. The highest BCUT2D eigenvalue weighted by molar-refractivity contribution is 5.89. The van der Waals surface area contributed by atoms with Gasteiger partial charge in [-0.2, -0.15) is 0 Å². The van der Waals surface area contributed by atoms with Crippen LogP contribution in [0.3, 0.4) is 0 Å². The summed E-state index contributed by atoms with van der Waals surface area (Å²) in [6.45, 7) is 11.2. The first-order valence-corrected chi connectivity index (χ1v) is 6.74. The molecular weight excluding hydrogens is 262 g/mol. The van der Waals surface area contributed by atoms with Gasteiger partial charge in [-0.15, -0.1) is 0 Å². The van der Waals surface area contributed by atoms with E-state index in [-0.39, 0.29) is 18.4 Å². The number of likely N-dealkylation sites (N-methyl/N-ethyl adjacent to an activating group) is 1. The number of hydrogen-bond acceptors (Lipinski definition) is 2. The normalized spacial score (nSPS) is 10.7. The predicted octanol–water partition coefficient (Wildman–Crippen LogP) is -0.276. The monoisotopic (exact) mass is 285 g/mol. The number of esters is 1. The Morgan fingerprint density at radius 3 is 2.05 bits per heavy atom. The van der Waals surface area contributed by atoms with Crippen molar-refractivity contribution in [3.63, 3.8) is 0 Å². The van der Waals surface area contributed by atoms with Crippen LogP contribution in [0.25, 0.3) is 0 Å². The second kappa shape index (κ2) is 8.94. The Morgan fingerprint density at radius 2 is 1.58 bits per heavy atom. The van der Waals surface area contributed by atoms with E-state index in [1.807, 2.05) is 18.2 Å². The summed E-state index contributed by atoms with van der Waals surface area (Å²) in [6, 6.07) is 9.15. The first-order chi connectivity index (χ1) is 8.67. The third-order valence-corrected chi connectivity index (χ3v) is 3.82. The summed E-state index contributed by atoms with van der Waals surface area (Å²) in [6.07, 6.45) is 0. The summed E-state index contributed by atoms with van der Waals surface area (Å²) in [7, 11) is 0. The lowest BCUT2D eigenvalue weighted by Gasteiger charge is -2.35. The largest absolute Gasteiger partial charge is 1.00 e. The topological polar surface area (TPSA) is 26.3 Å². The molecule has 0 saturated heterocycles. The van der Waals surface area contributed by atoms with E-state index in [4.69, 9.17) is 4.74 Å². The van der Waals surface area contributed by atoms with Gasteiger partial charge in [0.25, 0.3) is 0 Å². The van der Waals surface area contributed by atoms with Crippen molar-refractivity contribution in [3.05, 3.63) is 35.9 Å². The summed E-state index contributed by atoms with van der Waals surface area (Å²) >= 11 is 0. The predicted molar refractivity (Wildman–Crippen MR) is 73.5 cm³/mol. The van der Waals surface area contributed by atoms with Gasteiger partial charge < -0.3 is 21.6 Å². The van der Waals surface area contributed by atoms with Crippen LogP contribution in [0.4, 0.5) is 0 Å². The van der Waals surface area contributed by atoms with E-state index in [1.165, 1.54) is 0 Å². The Labute approximate surface area is 122 Å². The molecule has 0 atom stereocenters. The third-order valence-electron chi connectivity index (χ3n) is 3.82. The zero-order valence-corrected chi connectivity index (χ0v) is 12.8. The number of quaternary nitrogens is 1. The molecule has 0 radical (unpaired) electrons. The Balaban J connectivity index is 0.00000324. The Morgan fingerprint density at radius 1 is 1.05 bits per heavy atom. The van der Waals surface area contributed by atoms with Crippen molar-refractivity contribution in [2.45, 2.75) is 20.8 Å². The molecule has 108 valence electrons. The van der Waals surface area contributed by atoms with Crippen LogP contribution in [-0.4, -0.2) is 43.2 Å². The average molecular weight is 286 g/mol. The minimum absolute atomic E-state index is 0. The minimum atomic E-state index is -0.225. The smallest absolute Gasteiger partial charge is 0.338 e. The molecule has 0 aromatic heterocycles. The molecule has 3 nitrogen and oxygen atoms in total. The van der Waals surface area contributed by atoms with E-state index < -0.39 is 0 Å². The van der Waals surface area contributed by atoms with Gasteiger partial charge in [-0.3, -0.25) is 0 Å². The van der Waals surface area contributed by atoms with Gasteiger partial charge in [0.1, 0.15) is 13.2 Å². The van der Waals surface area contributed by atoms with Gasteiger partial charge in [-0.05, 0) is 32.9 Å². The van der Waals surface area contributed by atoms with Crippen molar-refractivity contribution in [1.82, 2.24) is 0 Å². The first kappa shape index (κ1) is 17.9. The van der Waals surface area contributed by atoms with E-state index in [0.717, 1.165) is 30.7 Å². The summed E-state index contributed by atoms with van der Waals surface area (Å²) in [5.74, 6) is -0.225. The third kappa shape index (κ3) is 5.21. The number of benzene rings is 1. The highest BCUT2D eigenvalue weighted by Crippen LogP contribution is 2.06. The second-order valence-electron chi connectivity index (χ2n) is 4.52. The molecule has 0 heterocycles.